The van der Waals surface area contributed by atoms with E-state index in [1.54, 1.807) is 0 Å². The monoisotopic (exact) mass is 273 g/mol. The second-order valence-corrected chi connectivity index (χ2v) is 11.6. The Kier molecular flexibility index (Phi) is 5.19. The van der Waals surface area contributed by atoms with Crippen LogP contribution in [0.25, 0.3) is 0 Å². The predicted octanol–water partition coefficient (Wildman–Crippen LogP) is 2.40. The number of likely N-dealkylation sites (tertiary alicyclic amines) is 1. The normalized spacial score (nSPS) is 20.6. The van der Waals surface area contributed by atoms with Gasteiger partial charge < -0.3 is 9.84 Å². The summed E-state index contributed by atoms with van der Waals surface area (Å²) >= 11 is 0. The van der Waals surface area contributed by atoms with E-state index < -0.39 is 26.2 Å². The second-order valence-electron chi connectivity index (χ2n) is 5.97. The summed E-state index contributed by atoms with van der Waals surface area (Å²) < 4.78 is 5.20. The number of ether oxygens (including phenoxy) is 1. The fourth-order valence-electron chi connectivity index (χ4n) is 1.93. The summed E-state index contributed by atoms with van der Waals surface area (Å²) in [7, 11) is -1.22. The lowest BCUT2D eigenvalue weighted by Crippen LogP contribution is -2.48. The van der Waals surface area contributed by atoms with Crippen molar-refractivity contribution in [2.45, 2.75) is 51.0 Å². The maximum Gasteiger partial charge on any atom is 0.410 e. The summed E-state index contributed by atoms with van der Waals surface area (Å²) in [5, 5.41) is 9.07. The van der Waals surface area contributed by atoms with Crippen molar-refractivity contribution >= 4 is 20.1 Å². The van der Waals surface area contributed by atoms with Crippen LogP contribution in [0.1, 0.15) is 19.3 Å². The van der Waals surface area contributed by atoms with Gasteiger partial charge in [0.25, 0.3) is 0 Å². The van der Waals surface area contributed by atoms with Crippen molar-refractivity contribution in [1.82, 2.24) is 4.90 Å². The number of piperidine rings is 1. The average molecular weight is 273 g/mol. The summed E-state index contributed by atoms with van der Waals surface area (Å²) in [6.07, 6.45) is 1.77. The molecule has 1 aliphatic heterocycles. The molecule has 6 heteroatoms. The zero-order valence-corrected chi connectivity index (χ0v) is 12.4. The molecule has 0 radical (unpaired) electrons. The summed E-state index contributed by atoms with van der Waals surface area (Å²) in [6, 6.07) is 0.197. The van der Waals surface area contributed by atoms with Crippen molar-refractivity contribution in [1.29, 1.82) is 0 Å². The van der Waals surface area contributed by atoms with Crippen LogP contribution in [-0.2, 0) is 9.53 Å². The molecule has 0 unspecified atom stereocenters. The Labute approximate surface area is 109 Å². The van der Waals surface area contributed by atoms with Gasteiger partial charge in [0.2, 0.25) is 0 Å². The zero-order valence-electron chi connectivity index (χ0n) is 11.4. The highest BCUT2D eigenvalue weighted by Crippen LogP contribution is 2.18. The molecular weight excluding hydrogens is 250 g/mol. The minimum absolute atomic E-state index is 0.400. The van der Waals surface area contributed by atoms with Gasteiger partial charge in [-0.25, -0.2) is 9.59 Å². The number of aliphatic carboxylic acids is 1. The molecule has 1 aliphatic rings. The molecule has 0 aliphatic carbocycles. The van der Waals surface area contributed by atoms with Gasteiger partial charge in [0.1, 0.15) is 6.04 Å². The van der Waals surface area contributed by atoms with E-state index in [4.69, 9.17) is 9.84 Å². The Morgan fingerprint density at radius 2 is 2.00 bits per heavy atom. The maximum absolute atomic E-state index is 11.9. The lowest BCUT2D eigenvalue weighted by atomic mass is 10.0. The Balaban J connectivity index is 2.46. The van der Waals surface area contributed by atoms with Gasteiger partial charge in [-0.3, -0.25) is 4.90 Å². The zero-order chi connectivity index (χ0) is 13.8. The number of carboxylic acid groups (broad SMARTS) is 1. The highest BCUT2D eigenvalue weighted by atomic mass is 28.3. The lowest BCUT2D eigenvalue weighted by Gasteiger charge is -2.32. The maximum atomic E-state index is 11.9. The minimum Gasteiger partial charge on any atom is -0.480 e. The highest BCUT2D eigenvalue weighted by Gasteiger charge is 2.33. The van der Waals surface area contributed by atoms with E-state index in [-0.39, 0.29) is 0 Å². The molecule has 18 heavy (non-hydrogen) atoms. The third-order valence-electron chi connectivity index (χ3n) is 3.10. The summed E-state index contributed by atoms with van der Waals surface area (Å²) in [5.74, 6) is -0.933. The Hall–Kier alpha value is -1.04. The molecule has 1 heterocycles. The van der Waals surface area contributed by atoms with Gasteiger partial charge in [-0.2, -0.15) is 0 Å². The molecule has 1 rings (SSSR count). The van der Waals surface area contributed by atoms with E-state index in [0.717, 1.165) is 18.9 Å². The van der Waals surface area contributed by atoms with Gasteiger partial charge in [-0.15, -0.1) is 0 Å². The van der Waals surface area contributed by atoms with Crippen molar-refractivity contribution in [2.75, 3.05) is 13.2 Å². The highest BCUT2D eigenvalue weighted by molar-refractivity contribution is 6.76. The van der Waals surface area contributed by atoms with Crippen molar-refractivity contribution < 1.29 is 19.4 Å². The van der Waals surface area contributed by atoms with Crippen LogP contribution in [0.4, 0.5) is 4.79 Å². The van der Waals surface area contributed by atoms with Crippen LogP contribution in [0.5, 0.6) is 0 Å². The number of carbonyl (C=O) groups is 2. The van der Waals surface area contributed by atoms with E-state index in [9.17, 15) is 9.59 Å². The average Bonchev–Trinajstić information content (AvgIpc) is 2.27. The number of nitrogens with zero attached hydrogens (tertiary/aromatic N) is 1. The molecule has 1 N–H and O–H groups in total. The summed E-state index contributed by atoms with van der Waals surface area (Å²) in [6.45, 7) is 7.52. The Morgan fingerprint density at radius 1 is 1.33 bits per heavy atom. The molecule has 1 amide bonds. The first-order valence-electron chi connectivity index (χ1n) is 6.47. The van der Waals surface area contributed by atoms with E-state index in [0.29, 0.717) is 19.6 Å². The van der Waals surface area contributed by atoms with Crippen LogP contribution in [0.2, 0.25) is 25.7 Å². The Morgan fingerprint density at radius 3 is 2.56 bits per heavy atom. The summed E-state index contributed by atoms with van der Waals surface area (Å²) in [5.41, 5.74) is 0. The number of hydrogen-bond acceptors (Lipinski definition) is 3. The van der Waals surface area contributed by atoms with E-state index >= 15 is 0 Å². The fraction of sp³-hybridized carbons (Fsp3) is 0.833. The molecule has 0 aromatic carbocycles. The van der Waals surface area contributed by atoms with Crippen molar-refractivity contribution in [3.63, 3.8) is 0 Å². The van der Waals surface area contributed by atoms with Gasteiger partial charge >= 0.3 is 12.1 Å². The molecule has 1 fully saturated rings. The number of carboxylic acids is 1. The molecule has 1 atom stereocenters. The fourth-order valence-corrected chi connectivity index (χ4v) is 2.65. The van der Waals surface area contributed by atoms with Crippen molar-refractivity contribution in [3.8, 4) is 0 Å². The molecule has 0 aromatic heterocycles. The smallest absolute Gasteiger partial charge is 0.410 e. The molecule has 0 bridgehead atoms. The van der Waals surface area contributed by atoms with E-state index in [1.165, 1.54) is 4.90 Å². The number of amides is 1. The molecule has 104 valence electrons. The van der Waals surface area contributed by atoms with Crippen molar-refractivity contribution in [2.24, 2.45) is 0 Å². The second kappa shape index (κ2) is 6.22. The van der Waals surface area contributed by atoms with Crippen LogP contribution in [0, 0.1) is 0 Å². The topological polar surface area (TPSA) is 66.8 Å². The number of hydrogen-bond donors (Lipinski definition) is 1. The van der Waals surface area contributed by atoms with Crippen LogP contribution < -0.4 is 0 Å². The summed E-state index contributed by atoms with van der Waals surface area (Å²) in [4.78, 5) is 24.3. The first-order valence-corrected chi connectivity index (χ1v) is 10.2. The number of rotatable bonds is 4. The van der Waals surface area contributed by atoms with Gasteiger partial charge in [0.15, 0.2) is 0 Å². The molecule has 0 aromatic rings. The molecule has 1 saturated heterocycles. The number of carbonyl (C=O) groups excluding carboxylic acids is 1. The molecule has 5 nitrogen and oxygen atoms in total. The minimum atomic E-state index is -1.22. The quantitative estimate of drug-likeness (QED) is 0.799. The first-order chi connectivity index (χ1) is 8.31. The largest absolute Gasteiger partial charge is 0.480 e. The van der Waals surface area contributed by atoms with Crippen LogP contribution in [-0.4, -0.2) is 49.3 Å². The molecule has 0 saturated carbocycles. The third kappa shape index (κ3) is 4.68. The standard InChI is InChI=1S/C12H23NO4Si/c1-18(2,3)9-8-17-12(16)13-7-5-4-6-10(13)11(14)15/h10H,4-9H2,1-3H3,(H,14,15)/t10-/m0/s1. The van der Waals surface area contributed by atoms with Crippen LogP contribution in [0.15, 0.2) is 0 Å². The van der Waals surface area contributed by atoms with Crippen LogP contribution in [0.3, 0.4) is 0 Å². The molecular formula is C12H23NO4Si. The Bertz CT molecular complexity index is 314. The van der Waals surface area contributed by atoms with Gasteiger partial charge in [0, 0.05) is 14.6 Å². The predicted molar refractivity (Wildman–Crippen MR) is 71.5 cm³/mol. The molecule has 0 spiro atoms. The van der Waals surface area contributed by atoms with Gasteiger partial charge in [-0.05, 0) is 25.3 Å². The van der Waals surface area contributed by atoms with Gasteiger partial charge in [-0.1, -0.05) is 19.6 Å². The van der Waals surface area contributed by atoms with E-state index in [2.05, 4.69) is 19.6 Å². The van der Waals surface area contributed by atoms with E-state index in [1.807, 2.05) is 0 Å². The third-order valence-corrected chi connectivity index (χ3v) is 4.80. The first kappa shape index (κ1) is 15.0. The van der Waals surface area contributed by atoms with Gasteiger partial charge in [0.05, 0.1) is 6.61 Å². The van der Waals surface area contributed by atoms with Crippen LogP contribution >= 0.6 is 0 Å². The lowest BCUT2D eigenvalue weighted by molar-refractivity contribution is -0.143. The SMILES string of the molecule is C[Si](C)(C)CCOC(=O)N1CCCC[C@H]1C(=O)O. The van der Waals surface area contributed by atoms with Crippen molar-refractivity contribution in [3.05, 3.63) is 0 Å².